The van der Waals surface area contributed by atoms with Crippen molar-refractivity contribution in [1.29, 1.82) is 0 Å². The molecule has 2 aromatic carbocycles. The van der Waals surface area contributed by atoms with Crippen LogP contribution in [-0.4, -0.2) is 43.9 Å². The Hall–Kier alpha value is -2.99. The highest BCUT2D eigenvalue weighted by Crippen LogP contribution is 2.49. The van der Waals surface area contributed by atoms with Crippen LogP contribution in [0.1, 0.15) is 68.3 Å². The molecule has 6 nitrogen and oxygen atoms in total. The number of carbonyl (C=O) groups excluding carboxylic acids is 2. The lowest BCUT2D eigenvalue weighted by Crippen LogP contribution is -2.53. The van der Waals surface area contributed by atoms with Crippen LogP contribution in [0.4, 0.5) is 4.79 Å². The van der Waals surface area contributed by atoms with E-state index in [9.17, 15) is 14.7 Å². The average Bonchev–Trinajstić information content (AvgIpc) is 3.51. The van der Waals surface area contributed by atoms with Crippen LogP contribution < -0.4 is 0 Å². The van der Waals surface area contributed by atoms with E-state index in [1.807, 2.05) is 31.2 Å². The van der Waals surface area contributed by atoms with E-state index in [4.69, 9.17) is 11.6 Å². The summed E-state index contributed by atoms with van der Waals surface area (Å²) < 4.78 is 0. The summed E-state index contributed by atoms with van der Waals surface area (Å²) in [5, 5.41) is 11.9. The number of nitrogens with zero attached hydrogens (tertiary/aromatic N) is 2. The Morgan fingerprint density at radius 1 is 1.14 bits per heavy atom. The lowest BCUT2D eigenvalue weighted by molar-refractivity contribution is -0.133. The molecule has 0 unspecified atom stereocenters. The zero-order valence-corrected chi connectivity index (χ0v) is 20.6. The number of aromatic amines is 1. The maximum Gasteiger partial charge on any atom is 0.328 e. The summed E-state index contributed by atoms with van der Waals surface area (Å²) in [5.41, 5.74) is 2.56. The standard InChI is InChI=1S/C28H30ClN3O3/c1-28-16-22-21-15-19(29)11-12-23(21)30-24(22)25(18-9-4-10-20(33)14-18)32(28)27(35)31(26(28)34)13-5-8-17-6-2-3-7-17/h4,9-12,14-15,17,25,30,33H,2-3,5-8,13,16H2,1H3/t25-,28+/m1/s1. The molecule has 3 heterocycles. The fourth-order valence-electron chi connectivity index (χ4n) is 6.56. The third-order valence-corrected chi connectivity index (χ3v) is 8.52. The first-order valence-electron chi connectivity index (χ1n) is 12.6. The summed E-state index contributed by atoms with van der Waals surface area (Å²) in [6, 6.07) is 11.9. The van der Waals surface area contributed by atoms with Crippen LogP contribution >= 0.6 is 11.6 Å². The third kappa shape index (κ3) is 3.53. The molecule has 1 aliphatic carbocycles. The molecule has 1 saturated heterocycles. The molecular weight excluding hydrogens is 462 g/mol. The Bertz CT molecular complexity index is 1330. The molecule has 0 spiro atoms. The van der Waals surface area contributed by atoms with Crippen LogP contribution in [-0.2, 0) is 11.2 Å². The number of imide groups is 1. The number of halogens is 1. The number of phenolic OH excluding ortho intramolecular Hbond substituents is 1. The van der Waals surface area contributed by atoms with Gasteiger partial charge in [0.15, 0.2) is 0 Å². The highest BCUT2D eigenvalue weighted by Gasteiger charge is 2.60. The van der Waals surface area contributed by atoms with Crippen LogP contribution in [0.5, 0.6) is 5.75 Å². The van der Waals surface area contributed by atoms with Gasteiger partial charge in [-0.25, -0.2) is 4.79 Å². The van der Waals surface area contributed by atoms with Crippen LogP contribution in [0.15, 0.2) is 42.5 Å². The van der Waals surface area contributed by atoms with E-state index in [2.05, 4.69) is 4.98 Å². The van der Waals surface area contributed by atoms with Crippen molar-refractivity contribution in [2.24, 2.45) is 5.92 Å². The molecule has 6 rings (SSSR count). The number of carbonyl (C=O) groups is 2. The predicted molar refractivity (Wildman–Crippen MR) is 136 cm³/mol. The number of aromatic nitrogens is 1. The van der Waals surface area contributed by atoms with E-state index in [0.29, 0.717) is 18.0 Å². The van der Waals surface area contributed by atoms with Gasteiger partial charge in [0, 0.05) is 34.6 Å². The average molecular weight is 492 g/mol. The van der Waals surface area contributed by atoms with Crippen LogP contribution in [0.3, 0.4) is 0 Å². The zero-order chi connectivity index (χ0) is 24.3. The van der Waals surface area contributed by atoms with Crippen molar-refractivity contribution in [3.8, 4) is 5.75 Å². The molecule has 2 N–H and O–H groups in total. The maximum absolute atomic E-state index is 13.9. The predicted octanol–water partition coefficient (Wildman–Crippen LogP) is 6.17. The molecular formula is C28H30ClN3O3. The number of hydrogen-bond acceptors (Lipinski definition) is 3. The molecule has 1 saturated carbocycles. The third-order valence-electron chi connectivity index (χ3n) is 8.28. The molecule has 0 radical (unpaired) electrons. The van der Waals surface area contributed by atoms with E-state index >= 15 is 0 Å². The van der Waals surface area contributed by atoms with Gasteiger partial charge >= 0.3 is 6.03 Å². The highest BCUT2D eigenvalue weighted by molar-refractivity contribution is 6.31. The Morgan fingerprint density at radius 2 is 1.94 bits per heavy atom. The van der Waals surface area contributed by atoms with Crippen molar-refractivity contribution in [3.63, 3.8) is 0 Å². The number of rotatable bonds is 5. The molecule has 2 atom stereocenters. The summed E-state index contributed by atoms with van der Waals surface area (Å²) in [6.45, 7) is 2.33. The number of hydrogen-bond donors (Lipinski definition) is 2. The largest absolute Gasteiger partial charge is 0.508 e. The summed E-state index contributed by atoms with van der Waals surface area (Å²) in [5.74, 6) is 0.708. The van der Waals surface area contributed by atoms with Crippen molar-refractivity contribution in [3.05, 3.63) is 64.3 Å². The van der Waals surface area contributed by atoms with Gasteiger partial charge in [-0.3, -0.25) is 14.6 Å². The molecule has 2 aliphatic heterocycles. The van der Waals surface area contributed by atoms with Crippen LogP contribution in [0, 0.1) is 5.92 Å². The maximum atomic E-state index is 13.9. The van der Waals surface area contributed by atoms with Crippen molar-refractivity contribution >= 4 is 34.4 Å². The van der Waals surface area contributed by atoms with Crippen LogP contribution in [0.2, 0.25) is 5.02 Å². The minimum absolute atomic E-state index is 0.127. The first kappa shape index (κ1) is 22.5. The molecule has 35 heavy (non-hydrogen) atoms. The van der Waals surface area contributed by atoms with Gasteiger partial charge in [-0.15, -0.1) is 0 Å². The quantitative estimate of drug-likeness (QED) is 0.419. The number of urea groups is 1. The smallest absolute Gasteiger partial charge is 0.328 e. The van der Waals surface area contributed by atoms with Crippen molar-refractivity contribution in [2.75, 3.05) is 6.54 Å². The normalized spacial score (nSPS) is 24.5. The lowest BCUT2D eigenvalue weighted by Gasteiger charge is -2.42. The summed E-state index contributed by atoms with van der Waals surface area (Å²) in [7, 11) is 0. The zero-order valence-electron chi connectivity index (χ0n) is 19.9. The number of aromatic hydroxyl groups is 1. The lowest BCUT2D eigenvalue weighted by atomic mass is 9.81. The SMILES string of the molecule is C[C@@]12Cc3c([nH]c4ccc(Cl)cc34)[C@@H](c3cccc(O)c3)N1C(=O)N(CCCC1CCCC1)C2=O. The number of phenols is 1. The second-order valence-electron chi connectivity index (χ2n) is 10.6. The molecule has 2 fully saturated rings. The fourth-order valence-corrected chi connectivity index (χ4v) is 6.73. The van der Waals surface area contributed by atoms with E-state index in [0.717, 1.165) is 46.5 Å². The topological polar surface area (TPSA) is 76.6 Å². The van der Waals surface area contributed by atoms with Gasteiger partial charge in [0.2, 0.25) is 0 Å². The van der Waals surface area contributed by atoms with Gasteiger partial charge in [0.05, 0.1) is 0 Å². The number of H-pyrrole nitrogens is 1. The van der Waals surface area contributed by atoms with E-state index in [1.54, 1.807) is 23.1 Å². The van der Waals surface area contributed by atoms with Gasteiger partial charge in [-0.1, -0.05) is 49.4 Å². The second-order valence-corrected chi connectivity index (χ2v) is 11.0. The Labute approximate surface area is 209 Å². The van der Waals surface area contributed by atoms with Crippen molar-refractivity contribution < 1.29 is 14.7 Å². The number of nitrogens with one attached hydrogen (secondary N) is 1. The van der Waals surface area contributed by atoms with Gasteiger partial charge in [0.1, 0.15) is 17.3 Å². The Kier molecular flexibility index (Phi) is 5.33. The molecule has 1 aromatic heterocycles. The minimum atomic E-state index is -1.01. The monoisotopic (exact) mass is 491 g/mol. The summed E-state index contributed by atoms with van der Waals surface area (Å²) >= 11 is 6.34. The van der Waals surface area contributed by atoms with Gasteiger partial charge < -0.3 is 10.1 Å². The molecule has 7 heteroatoms. The van der Waals surface area contributed by atoms with Gasteiger partial charge in [0.25, 0.3) is 5.91 Å². The van der Waals surface area contributed by atoms with E-state index in [1.165, 1.54) is 30.6 Å². The minimum Gasteiger partial charge on any atom is -0.508 e. The van der Waals surface area contributed by atoms with Crippen molar-refractivity contribution in [2.45, 2.75) is 63.5 Å². The number of fused-ring (bicyclic) bond motifs is 4. The molecule has 3 amide bonds. The Balaban J connectivity index is 1.42. The molecule has 3 aliphatic rings. The fraction of sp³-hybridized carbons (Fsp3) is 0.429. The molecule has 182 valence electrons. The first-order valence-corrected chi connectivity index (χ1v) is 13.0. The van der Waals surface area contributed by atoms with Gasteiger partial charge in [-0.2, -0.15) is 0 Å². The number of benzene rings is 2. The Morgan fingerprint density at radius 3 is 2.71 bits per heavy atom. The molecule has 0 bridgehead atoms. The summed E-state index contributed by atoms with van der Waals surface area (Å²) in [4.78, 5) is 34.4. The second kappa shape index (κ2) is 8.30. The van der Waals surface area contributed by atoms with Crippen molar-refractivity contribution in [1.82, 2.24) is 14.8 Å². The molecule has 3 aromatic rings. The highest BCUT2D eigenvalue weighted by atomic mass is 35.5. The first-order chi connectivity index (χ1) is 16.9. The van der Waals surface area contributed by atoms with E-state index in [-0.39, 0.29) is 17.7 Å². The summed E-state index contributed by atoms with van der Waals surface area (Å²) in [6.07, 6.45) is 7.42. The van der Waals surface area contributed by atoms with E-state index < -0.39 is 11.6 Å². The van der Waals surface area contributed by atoms with Gasteiger partial charge in [-0.05, 0) is 67.1 Å². The van der Waals surface area contributed by atoms with Crippen LogP contribution in [0.25, 0.3) is 10.9 Å². The number of amides is 3.